The number of benzene rings is 2. The van der Waals surface area contributed by atoms with Crippen LogP contribution >= 0.6 is 0 Å². The minimum absolute atomic E-state index is 0.430. The summed E-state index contributed by atoms with van der Waals surface area (Å²) in [7, 11) is 0. The molecule has 1 heterocycles. The molecule has 4 rings (SSSR count). The summed E-state index contributed by atoms with van der Waals surface area (Å²) >= 11 is 0. The topological polar surface area (TPSA) is 41.6 Å². The molecule has 23 heavy (non-hydrogen) atoms. The van der Waals surface area contributed by atoms with Crippen LogP contribution in [-0.2, 0) is 25.8 Å². The number of guanidine groups is 1. The lowest BCUT2D eigenvalue weighted by Crippen LogP contribution is -2.46. The van der Waals surface area contributed by atoms with Gasteiger partial charge in [0, 0.05) is 12.6 Å². The summed E-state index contributed by atoms with van der Waals surface area (Å²) in [5.41, 5.74) is 12.9. The van der Waals surface area contributed by atoms with Crippen molar-refractivity contribution in [3.63, 3.8) is 0 Å². The van der Waals surface area contributed by atoms with Crippen molar-refractivity contribution in [2.24, 2.45) is 10.7 Å². The van der Waals surface area contributed by atoms with Gasteiger partial charge in [0.25, 0.3) is 0 Å². The van der Waals surface area contributed by atoms with E-state index in [1.54, 1.807) is 0 Å². The molecule has 3 nitrogen and oxygen atoms in total. The molecule has 0 saturated carbocycles. The van der Waals surface area contributed by atoms with Crippen molar-refractivity contribution in [2.45, 2.75) is 45.2 Å². The Kier molecular flexibility index (Phi) is 3.56. The fourth-order valence-electron chi connectivity index (χ4n) is 3.82. The van der Waals surface area contributed by atoms with E-state index in [0.717, 1.165) is 37.9 Å². The van der Waals surface area contributed by atoms with Crippen molar-refractivity contribution in [1.82, 2.24) is 4.90 Å². The lowest BCUT2D eigenvalue weighted by atomic mass is 10.0. The maximum absolute atomic E-state index is 6.31. The van der Waals surface area contributed by atoms with E-state index in [1.807, 2.05) is 0 Å². The van der Waals surface area contributed by atoms with Crippen molar-refractivity contribution in [3.8, 4) is 0 Å². The van der Waals surface area contributed by atoms with Crippen LogP contribution in [0.1, 0.15) is 35.6 Å². The standard InChI is InChI=1S/C20H23N3/c1-2-5-14-8-9-17-13-23(20(21)22-19(17)10-14)18-11-15-6-3-4-7-16(15)12-18/h3-4,6-10,18H,2,5,11-13H2,1H3,(H2,21,22). The number of hydrogen-bond acceptors (Lipinski definition) is 3. The van der Waals surface area contributed by atoms with Gasteiger partial charge in [-0.05, 0) is 47.6 Å². The molecular formula is C20H23N3. The van der Waals surface area contributed by atoms with E-state index >= 15 is 0 Å². The van der Waals surface area contributed by atoms with Crippen LogP contribution in [0.25, 0.3) is 0 Å². The third kappa shape index (κ3) is 2.61. The Hall–Kier alpha value is -2.29. The van der Waals surface area contributed by atoms with Gasteiger partial charge in [-0.2, -0.15) is 0 Å². The lowest BCUT2D eigenvalue weighted by molar-refractivity contribution is 0.305. The fourth-order valence-corrected chi connectivity index (χ4v) is 3.82. The minimum Gasteiger partial charge on any atom is -0.369 e. The van der Waals surface area contributed by atoms with Gasteiger partial charge in [0.1, 0.15) is 0 Å². The van der Waals surface area contributed by atoms with Gasteiger partial charge in [0.15, 0.2) is 5.96 Å². The monoisotopic (exact) mass is 305 g/mol. The van der Waals surface area contributed by atoms with Crippen LogP contribution in [0.15, 0.2) is 47.5 Å². The van der Waals surface area contributed by atoms with Gasteiger partial charge in [-0.25, -0.2) is 4.99 Å². The molecule has 0 atom stereocenters. The van der Waals surface area contributed by atoms with Crippen LogP contribution in [0.3, 0.4) is 0 Å². The quantitative estimate of drug-likeness (QED) is 0.942. The van der Waals surface area contributed by atoms with Crippen molar-refractivity contribution >= 4 is 11.6 Å². The molecule has 1 aliphatic carbocycles. The van der Waals surface area contributed by atoms with E-state index < -0.39 is 0 Å². The second kappa shape index (κ2) is 5.73. The smallest absolute Gasteiger partial charge is 0.197 e. The molecule has 0 fully saturated rings. The van der Waals surface area contributed by atoms with Gasteiger partial charge in [0.05, 0.1) is 5.69 Å². The first-order chi connectivity index (χ1) is 11.2. The maximum atomic E-state index is 6.31. The highest BCUT2D eigenvalue weighted by Gasteiger charge is 2.30. The molecule has 0 unspecified atom stereocenters. The molecule has 118 valence electrons. The number of nitrogens with zero attached hydrogens (tertiary/aromatic N) is 2. The molecule has 0 saturated heterocycles. The predicted octanol–water partition coefficient (Wildman–Crippen LogP) is 3.57. The van der Waals surface area contributed by atoms with Crippen LogP contribution in [0, 0.1) is 0 Å². The Balaban J connectivity index is 1.58. The van der Waals surface area contributed by atoms with Gasteiger partial charge in [0.2, 0.25) is 0 Å². The van der Waals surface area contributed by atoms with Crippen molar-refractivity contribution in [3.05, 3.63) is 64.7 Å². The second-order valence-electron chi connectivity index (χ2n) is 6.64. The SMILES string of the molecule is CCCc1ccc2c(c1)N=C(N)N(C1Cc3ccccc3C1)C2. The van der Waals surface area contributed by atoms with Crippen LogP contribution in [0.2, 0.25) is 0 Å². The highest BCUT2D eigenvalue weighted by atomic mass is 15.3. The summed E-state index contributed by atoms with van der Waals surface area (Å²) in [4.78, 5) is 6.98. The summed E-state index contributed by atoms with van der Waals surface area (Å²) in [6.07, 6.45) is 4.39. The summed E-state index contributed by atoms with van der Waals surface area (Å²) in [6, 6.07) is 15.8. The predicted molar refractivity (Wildman–Crippen MR) is 94.9 cm³/mol. The van der Waals surface area contributed by atoms with E-state index in [4.69, 9.17) is 10.7 Å². The maximum Gasteiger partial charge on any atom is 0.197 e. The molecular weight excluding hydrogens is 282 g/mol. The summed E-state index contributed by atoms with van der Waals surface area (Å²) in [6.45, 7) is 3.08. The number of rotatable bonds is 3. The van der Waals surface area contributed by atoms with Crippen molar-refractivity contribution in [1.29, 1.82) is 0 Å². The molecule has 3 heteroatoms. The molecule has 0 spiro atoms. The molecule has 1 aliphatic heterocycles. The molecule has 2 aliphatic rings. The number of hydrogen-bond donors (Lipinski definition) is 1. The molecule has 2 aromatic carbocycles. The van der Waals surface area contributed by atoms with Gasteiger partial charge in [-0.1, -0.05) is 49.7 Å². The van der Waals surface area contributed by atoms with Crippen LogP contribution in [0.4, 0.5) is 5.69 Å². The largest absolute Gasteiger partial charge is 0.369 e. The zero-order valence-corrected chi connectivity index (χ0v) is 13.6. The molecule has 0 amide bonds. The van der Waals surface area contributed by atoms with Gasteiger partial charge >= 0.3 is 0 Å². The third-order valence-electron chi connectivity index (χ3n) is 5.03. The van der Waals surface area contributed by atoms with Gasteiger partial charge in [-0.15, -0.1) is 0 Å². The highest BCUT2D eigenvalue weighted by Crippen LogP contribution is 2.32. The van der Waals surface area contributed by atoms with E-state index in [2.05, 4.69) is 54.3 Å². The number of aliphatic imine (C=N–C) groups is 1. The second-order valence-corrected chi connectivity index (χ2v) is 6.64. The first-order valence-corrected chi connectivity index (χ1v) is 8.54. The Bertz CT molecular complexity index is 738. The molecule has 2 aromatic rings. The highest BCUT2D eigenvalue weighted by molar-refractivity contribution is 5.84. The Morgan fingerprint density at radius 3 is 2.52 bits per heavy atom. The van der Waals surface area contributed by atoms with Crippen molar-refractivity contribution < 1.29 is 0 Å². The normalized spacial score (nSPS) is 16.9. The molecule has 2 N–H and O–H groups in total. The fraction of sp³-hybridized carbons (Fsp3) is 0.350. The zero-order valence-electron chi connectivity index (χ0n) is 13.6. The first-order valence-electron chi connectivity index (χ1n) is 8.54. The van der Waals surface area contributed by atoms with E-state index in [1.165, 1.54) is 22.3 Å². The lowest BCUT2D eigenvalue weighted by Gasteiger charge is -2.33. The minimum atomic E-state index is 0.430. The average Bonchev–Trinajstić information content (AvgIpc) is 2.98. The number of nitrogens with two attached hydrogens (primary N) is 1. The van der Waals surface area contributed by atoms with E-state index in [9.17, 15) is 0 Å². The van der Waals surface area contributed by atoms with Gasteiger partial charge in [-0.3, -0.25) is 0 Å². The van der Waals surface area contributed by atoms with Crippen molar-refractivity contribution in [2.75, 3.05) is 0 Å². The summed E-state index contributed by atoms with van der Waals surface area (Å²) < 4.78 is 0. The van der Waals surface area contributed by atoms with E-state index in [-0.39, 0.29) is 0 Å². The molecule has 0 bridgehead atoms. The summed E-state index contributed by atoms with van der Waals surface area (Å²) in [5, 5.41) is 0. The Morgan fingerprint density at radius 1 is 1.09 bits per heavy atom. The Morgan fingerprint density at radius 2 is 1.83 bits per heavy atom. The Labute approximate surface area is 137 Å². The number of fused-ring (bicyclic) bond motifs is 2. The zero-order chi connectivity index (χ0) is 15.8. The van der Waals surface area contributed by atoms with Crippen LogP contribution in [0.5, 0.6) is 0 Å². The summed E-state index contributed by atoms with van der Waals surface area (Å²) in [5.74, 6) is 0.670. The van der Waals surface area contributed by atoms with Crippen LogP contribution < -0.4 is 5.73 Å². The van der Waals surface area contributed by atoms with Crippen LogP contribution in [-0.4, -0.2) is 16.9 Å². The molecule has 0 radical (unpaired) electrons. The average molecular weight is 305 g/mol. The first kappa shape index (κ1) is 14.3. The van der Waals surface area contributed by atoms with E-state index in [0.29, 0.717) is 12.0 Å². The number of aryl methyl sites for hydroxylation is 1. The molecule has 0 aromatic heterocycles. The third-order valence-corrected chi connectivity index (χ3v) is 5.03. The van der Waals surface area contributed by atoms with Gasteiger partial charge < -0.3 is 10.6 Å².